The number of ether oxygens (including phenoxy) is 2. The molecule has 1 aromatic carbocycles. The first-order valence-corrected chi connectivity index (χ1v) is 5.76. The first-order valence-electron chi connectivity index (χ1n) is 3.85. The molecule has 0 saturated heterocycles. The second-order valence-electron chi connectivity index (χ2n) is 2.32. The van der Waals surface area contributed by atoms with E-state index >= 15 is 0 Å². The van der Waals surface area contributed by atoms with E-state index in [-0.39, 0.29) is 0 Å². The van der Waals surface area contributed by atoms with Gasteiger partial charge in [0.15, 0.2) is 0 Å². The maximum atomic E-state index is 5.40. The lowest BCUT2D eigenvalue weighted by Gasteiger charge is -2.05. The molecule has 1 aromatic rings. The second-order valence-corrected chi connectivity index (χ2v) is 3.69. The van der Waals surface area contributed by atoms with Crippen LogP contribution in [0, 0.1) is 0 Å². The van der Waals surface area contributed by atoms with Crippen LogP contribution in [0.4, 0.5) is 0 Å². The fourth-order valence-corrected chi connectivity index (χ4v) is 1.30. The summed E-state index contributed by atoms with van der Waals surface area (Å²) in [6, 6.07) is 7.72. The van der Waals surface area contributed by atoms with Gasteiger partial charge in [0.25, 0.3) is 0 Å². The van der Waals surface area contributed by atoms with E-state index in [1.54, 1.807) is 0 Å². The molecule has 72 valence electrons. The molecule has 0 bridgehead atoms. The zero-order valence-corrected chi connectivity index (χ0v) is 10.2. The van der Waals surface area contributed by atoms with Crippen molar-refractivity contribution in [3.63, 3.8) is 0 Å². The average Bonchev–Trinajstić information content (AvgIpc) is 2.15. The van der Waals surface area contributed by atoms with Crippen LogP contribution in [0.2, 0.25) is 0 Å². The van der Waals surface area contributed by atoms with Crippen LogP contribution in [0.1, 0.15) is 0 Å². The Morgan fingerprint density at radius 3 is 2.38 bits per heavy atom. The average molecular weight is 310 g/mol. The Kier molecular flexibility index (Phi) is 5.43. The van der Waals surface area contributed by atoms with Crippen LogP contribution in [0.3, 0.4) is 0 Å². The normalized spacial score (nSPS) is 10.0. The van der Waals surface area contributed by atoms with Crippen LogP contribution in [0.25, 0.3) is 0 Å². The van der Waals surface area contributed by atoms with E-state index in [9.17, 15) is 0 Å². The molecule has 1 rings (SSSR count). The van der Waals surface area contributed by atoms with Gasteiger partial charge < -0.3 is 9.47 Å². The van der Waals surface area contributed by atoms with E-state index in [0.717, 1.165) is 10.2 Å². The summed E-state index contributed by atoms with van der Waals surface area (Å²) in [4.78, 5) is 0. The van der Waals surface area contributed by atoms with Crippen LogP contribution in [0.5, 0.6) is 5.75 Å². The zero-order valence-electron chi connectivity index (χ0n) is 7.00. The quantitative estimate of drug-likeness (QED) is 0.614. The van der Waals surface area contributed by atoms with E-state index in [0.29, 0.717) is 18.7 Å². The second kappa shape index (κ2) is 6.40. The van der Waals surface area contributed by atoms with Gasteiger partial charge >= 0.3 is 0 Å². The van der Waals surface area contributed by atoms with Crippen LogP contribution >= 0.6 is 31.9 Å². The van der Waals surface area contributed by atoms with Crippen molar-refractivity contribution < 1.29 is 9.47 Å². The molecule has 0 spiro atoms. The molecule has 0 N–H and O–H groups in total. The van der Waals surface area contributed by atoms with E-state index in [1.165, 1.54) is 0 Å². The first-order chi connectivity index (χ1) is 6.33. The molecular formula is C9H10Br2O2. The van der Waals surface area contributed by atoms with Gasteiger partial charge in [0.2, 0.25) is 0 Å². The molecule has 0 aliphatic heterocycles. The number of halogens is 2. The molecule has 0 aliphatic rings. The molecule has 0 radical (unpaired) electrons. The summed E-state index contributed by atoms with van der Waals surface area (Å²) in [6.45, 7) is 1.18. The van der Waals surface area contributed by atoms with Crippen molar-refractivity contribution in [2.75, 3.05) is 18.7 Å². The lowest BCUT2D eigenvalue weighted by atomic mass is 10.3. The Labute approximate surface area is 94.5 Å². The van der Waals surface area contributed by atoms with E-state index < -0.39 is 0 Å². The van der Waals surface area contributed by atoms with Gasteiger partial charge in [-0.15, -0.1) is 0 Å². The summed E-state index contributed by atoms with van der Waals surface area (Å²) < 4.78 is 11.5. The Morgan fingerprint density at radius 2 is 1.77 bits per heavy atom. The number of benzene rings is 1. The van der Waals surface area contributed by atoms with Crippen molar-refractivity contribution in [2.45, 2.75) is 0 Å². The van der Waals surface area contributed by atoms with Crippen molar-refractivity contribution in [2.24, 2.45) is 0 Å². The van der Waals surface area contributed by atoms with Gasteiger partial charge in [-0.2, -0.15) is 0 Å². The molecule has 0 aromatic heterocycles. The summed E-state index contributed by atoms with van der Waals surface area (Å²) in [5.74, 6) is 0.862. The number of rotatable bonds is 5. The summed E-state index contributed by atoms with van der Waals surface area (Å²) in [5.41, 5.74) is 0.552. The smallest absolute Gasteiger partial charge is 0.119 e. The summed E-state index contributed by atoms with van der Waals surface area (Å²) in [5, 5.41) is 0. The van der Waals surface area contributed by atoms with Gasteiger partial charge in [-0.3, -0.25) is 0 Å². The third kappa shape index (κ3) is 4.64. The van der Waals surface area contributed by atoms with Crippen LogP contribution in [0.15, 0.2) is 28.7 Å². The van der Waals surface area contributed by atoms with Crippen LogP contribution in [-0.4, -0.2) is 18.7 Å². The summed E-state index contributed by atoms with van der Waals surface area (Å²) in [7, 11) is 0. The minimum atomic E-state index is 0.552. The molecule has 0 heterocycles. The summed E-state index contributed by atoms with van der Waals surface area (Å²) in [6.07, 6.45) is 0. The highest BCUT2D eigenvalue weighted by atomic mass is 79.9. The third-order valence-corrected chi connectivity index (χ3v) is 2.24. The maximum absolute atomic E-state index is 5.40. The largest absolute Gasteiger partial charge is 0.491 e. The van der Waals surface area contributed by atoms with Gasteiger partial charge in [0.05, 0.1) is 6.61 Å². The predicted octanol–water partition coefficient (Wildman–Crippen LogP) is 3.20. The molecule has 0 atom stereocenters. The highest BCUT2D eigenvalue weighted by Crippen LogP contribution is 2.15. The van der Waals surface area contributed by atoms with Crippen molar-refractivity contribution in [3.8, 4) is 5.75 Å². The van der Waals surface area contributed by atoms with Crippen LogP contribution < -0.4 is 4.74 Å². The molecule has 13 heavy (non-hydrogen) atoms. The van der Waals surface area contributed by atoms with Crippen molar-refractivity contribution in [1.82, 2.24) is 0 Å². The van der Waals surface area contributed by atoms with Crippen LogP contribution in [-0.2, 0) is 4.74 Å². The first kappa shape index (κ1) is 11.0. The molecule has 0 amide bonds. The Hall–Kier alpha value is -0.0600. The number of alkyl halides is 1. The monoisotopic (exact) mass is 308 g/mol. The van der Waals surface area contributed by atoms with Crippen molar-refractivity contribution >= 4 is 31.9 Å². The topological polar surface area (TPSA) is 18.5 Å². The summed E-state index contributed by atoms with van der Waals surface area (Å²) >= 11 is 6.51. The Balaban J connectivity index is 2.25. The standard InChI is InChI=1S/C9H10Br2O2/c10-7-12-5-6-13-9-3-1-8(11)2-4-9/h1-4H,5-7H2. The Bertz CT molecular complexity index is 236. The Morgan fingerprint density at radius 1 is 1.08 bits per heavy atom. The van der Waals surface area contributed by atoms with Gasteiger partial charge in [-0.05, 0) is 24.3 Å². The van der Waals surface area contributed by atoms with E-state index in [1.807, 2.05) is 24.3 Å². The molecule has 0 unspecified atom stereocenters. The maximum Gasteiger partial charge on any atom is 0.119 e. The minimum Gasteiger partial charge on any atom is -0.491 e. The predicted molar refractivity (Wildman–Crippen MR) is 59.4 cm³/mol. The fourth-order valence-electron chi connectivity index (χ4n) is 0.804. The fraction of sp³-hybridized carbons (Fsp3) is 0.333. The molecule has 2 nitrogen and oxygen atoms in total. The van der Waals surface area contributed by atoms with E-state index in [2.05, 4.69) is 31.9 Å². The number of hydrogen-bond acceptors (Lipinski definition) is 2. The highest BCUT2D eigenvalue weighted by molar-refractivity contribution is 9.10. The van der Waals surface area contributed by atoms with Crippen molar-refractivity contribution in [3.05, 3.63) is 28.7 Å². The van der Waals surface area contributed by atoms with Crippen molar-refractivity contribution in [1.29, 1.82) is 0 Å². The van der Waals surface area contributed by atoms with Gasteiger partial charge in [-0.1, -0.05) is 31.9 Å². The lowest BCUT2D eigenvalue weighted by molar-refractivity contribution is 0.138. The minimum absolute atomic E-state index is 0.552. The molecule has 0 fully saturated rings. The SMILES string of the molecule is BrCOCCOc1ccc(Br)cc1. The van der Waals surface area contributed by atoms with E-state index in [4.69, 9.17) is 9.47 Å². The molecule has 4 heteroatoms. The van der Waals surface area contributed by atoms with Gasteiger partial charge in [0.1, 0.15) is 17.9 Å². The van der Waals surface area contributed by atoms with Gasteiger partial charge in [0, 0.05) is 4.47 Å². The third-order valence-electron chi connectivity index (χ3n) is 1.39. The number of hydrogen-bond donors (Lipinski definition) is 0. The molecule has 0 saturated carbocycles. The van der Waals surface area contributed by atoms with Gasteiger partial charge in [-0.25, -0.2) is 0 Å². The highest BCUT2D eigenvalue weighted by Gasteiger charge is 1.92. The molecular weight excluding hydrogens is 300 g/mol. The molecule has 0 aliphatic carbocycles. The zero-order chi connectivity index (χ0) is 9.52. The lowest BCUT2D eigenvalue weighted by Crippen LogP contribution is -2.05.